The van der Waals surface area contributed by atoms with E-state index in [-0.39, 0.29) is 10.8 Å². The van der Waals surface area contributed by atoms with Crippen LogP contribution in [-0.4, -0.2) is 0 Å². The molecule has 0 amide bonds. The molecule has 0 N–H and O–H groups in total. The quantitative estimate of drug-likeness (QED) is 0.377. The van der Waals surface area contributed by atoms with Crippen molar-refractivity contribution < 1.29 is 0 Å². The van der Waals surface area contributed by atoms with Crippen LogP contribution < -0.4 is 0 Å². The Balaban J connectivity index is 2.12. The summed E-state index contributed by atoms with van der Waals surface area (Å²) in [7, 11) is 0. The predicted molar refractivity (Wildman–Crippen MR) is 139 cm³/mol. The molecule has 0 atom stereocenters. The van der Waals surface area contributed by atoms with Crippen molar-refractivity contribution in [3.05, 3.63) is 102 Å². The van der Waals surface area contributed by atoms with Crippen molar-refractivity contribution in [2.45, 2.75) is 59.3 Å². The van der Waals surface area contributed by atoms with E-state index in [1.165, 1.54) is 38.9 Å². The van der Waals surface area contributed by atoms with Gasteiger partial charge in [-0.2, -0.15) is 0 Å². The van der Waals surface area contributed by atoms with Crippen LogP contribution in [0.25, 0.3) is 27.8 Å². The molecule has 0 unspecified atom stereocenters. The minimum Gasteiger partial charge on any atom is -0.0985 e. The van der Waals surface area contributed by atoms with Crippen LogP contribution in [-0.2, 0) is 10.8 Å². The molecule has 3 rings (SSSR count). The van der Waals surface area contributed by atoms with Gasteiger partial charge in [-0.25, -0.2) is 0 Å². The summed E-state index contributed by atoms with van der Waals surface area (Å²) in [6.07, 6.45) is 4.07. The molecule has 3 aromatic carbocycles. The molecule has 160 valence electrons. The molecule has 0 aliphatic heterocycles. The Labute approximate surface area is 189 Å². The molecule has 0 fully saturated rings. The minimum atomic E-state index is 0.154. The zero-order valence-electron chi connectivity index (χ0n) is 20.2. The minimum absolute atomic E-state index is 0.154. The van der Waals surface area contributed by atoms with E-state index < -0.39 is 0 Å². The molecular formula is C31H36. The van der Waals surface area contributed by atoms with Gasteiger partial charge in [0.1, 0.15) is 0 Å². The first-order valence-electron chi connectivity index (χ1n) is 11.2. The number of hydrogen-bond acceptors (Lipinski definition) is 0. The first kappa shape index (κ1) is 22.8. The maximum Gasteiger partial charge on any atom is -0.0132 e. The normalized spacial score (nSPS) is 12.7. The molecule has 0 heteroatoms. The Morgan fingerprint density at radius 2 is 1.00 bits per heavy atom. The summed E-state index contributed by atoms with van der Waals surface area (Å²) < 4.78 is 0. The summed E-state index contributed by atoms with van der Waals surface area (Å²) in [4.78, 5) is 0. The smallest absolute Gasteiger partial charge is 0.0132 e. The summed E-state index contributed by atoms with van der Waals surface area (Å²) in [5.41, 5.74) is 10.3. The summed E-state index contributed by atoms with van der Waals surface area (Å²) in [5.74, 6) is 0. The third kappa shape index (κ3) is 5.25. The molecule has 0 aromatic heterocycles. The van der Waals surface area contributed by atoms with Crippen LogP contribution in [0.1, 0.15) is 65.2 Å². The highest BCUT2D eigenvalue weighted by Crippen LogP contribution is 2.33. The van der Waals surface area contributed by atoms with Gasteiger partial charge in [0.15, 0.2) is 0 Å². The Bertz CT molecular complexity index is 1000. The van der Waals surface area contributed by atoms with Gasteiger partial charge in [0.2, 0.25) is 0 Å². The van der Waals surface area contributed by atoms with Crippen molar-refractivity contribution in [1.29, 1.82) is 0 Å². The topological polar surface area (TPSA) is 0 Å². The fraction of sp³-hybridized carbons (Fsp3) is 0.290. The highest BCUT2D eigenvalue weighted by atomic mass is 14.2. The first-order chi connectivity index (χ1) is 14.5. The van der Waals surface area contributed by atoms with E-state index in [4.69, 9.17) is 0 Å². The van der Waals surface area contributed by atoms with E-state index >= 15 is 0 Å². The van der Waals surface area contributed by atoms with Gasteiger partial charge in [-0.05, 0) is 80.5 Å². The van der Waals surface area contributed by atoms with Crippen molar-refractivity contribution in [2.75, 3.05) is 0 Å². The Morgan fingerprint density at radius 1 is 0.613 bits per heavy atom. The van der Waals surface area contributed by atoms with E-state index in [1.807, 2.05) is 6.08 Å². The van der Waals surface area contributed by atoms with Crippen LogP contribution in [0.3, 0.4) is 0 Å². The number of allylic oxidation sites excluding steroid dienone is 3. The third-order valence-corrected chi connectivity index (χ3v) is 5.97. The third-order valence-electron chi connectivity index (χ3n) is 5.97. The molecule has 0 aliphatic rings. The number of benzene rings is 3. The van der Waals surface area contributed by atoms with Gasteiger partial charge < -0.3 is 0 Å². The molecule has 0 nitrogen and oxygen atoms in total. The van der Waals surface area contributed by atoms with Crippen LogP contribution in [0.5, 0.6) is 0 Å². The lowest BCUT2D eigenvalue weighted by molar-refractivity contribution is 0.590. The molecule has 3 aromatic rings. The number of hydrogen-bond donors (Lipinski definition) is 0. The maximum absolute atomic E-state index is 4.02. The Kier molecular flexibility index (Phi) is 6.41. The second kappa shape index (κ2) is 8.71. The second-order valence-electron chi connectivity index (χ2n) is 10.4. The van der Waals surface area contributed by atoms with Gasteiger partial charge in [0.05, 0.1) is 0 Å². The van der Waals surface area contributed by atoms with Crippen LogP contribution in [0, 0.1) is 0 Å². The van der Waals surface area contributed by atoms with Gasteiger partial charge in [0.25, 0.3) is 0 Å². The molecule has 0 saturated heterocycles. The summed E-state index contributed by atoms with van der Waals surface area (Å²) in [6.45, 7) is 19.6. The van der Waals surface area contributed by atoms with Crippen molar-refractivity contribution in [1.82, 2.24) is 0 Å². The van der Waals surface area contributed by atoms with Gasteiger partial charge in [0, 0.05) is 0 Å². The van der Waals surface area contributed by atoms with E-state index in [2.05, 4.69) is 128 Å². The summed E-state index contributed by atoms with van der Waals surface area (Å²) in [5, 5.41) is 0. The Hall–Kier alpha value is -2.86. The average Bonchev–Trinajstić information content (AvgIpc) is 2.73. The van der Waals surface area contributed by atoms with Gasteiger partial charge in [-0.15, -0.1) is 0 Å². The lowest BCUT2D eigenvalue weighted by Gasteiger charge is -2.20. The van der Waals surface area contributed by atoms with Crippen molar-refractivity contribution >= 4 is 5.57 Å². The lowest BCUT2D eigenvalue weighted by atomic mass is 9.85. The van der Waals surface area contributed by atoms with Gasteiger partial charge >= 0.3 is 0 Å². The maximum atomic E-state index is 4.02. The van der Waals surface area contributed by atoms with Crippen molar-refractivity contribution in [3.8, 4) is 22.3 Å². The fourth-order valence-electron chi connectivity index (χ4n) is 3.86. The first-order valence-corrected chi connectivity index (χ1v) is 11.2. The SMILES string of the molecule is C=C/C(=C\C)c1cc(-c2ccc(C(C)(C)C)cc2)cc(-c2ccc(C(C)(C)C)cc2)c1. The van der Waals surface area contributed by atoms with Crippen molar-refractivity contribution in [2.24, 2.45) is 0 Å². The molecule has 0 heterocycles. The van der Waals surface area contributed by atoms with Crippen molar-refractivity contribution in [3.63, 3.8) is 0 Å². The molecule has 0 bridgehead atoms. The van der Waals surface area contributed by atoms with E-state index in [0.717, 1.165) is 5.57 Å². The second-order valence-corrected chi connectivity index (χ2v) is 10.4. The van der Waals surface area contributed by atoms with Gasteiger partial charge in [-0.3, -0.25) is 0 Å². The largest absolute Gasteiger partial charge is 0.0985 e. The molecule has 0 aliphatic carbocycles. The molecular weight excluding hydrogens is 372 g/mol. The zero-order chi connectivity index (χ0) is 22.8. The van der Waals surface area contributed by atoms with Crippen LogP contribution >= 0.6 is 0 Å². The highest BCUT2D eigenvalue weighted by molar-refractivity contribution is 5.83. The summed E-state index contributed by atoms with van der Waals surface area (Å²) in [6, 6.07) is 24.8. The van der Waals surface area contributed by atoms with Gasteiger partial charge in [-0.1, -0.05) is 109 Å². The zero-order valence-corrected chi connectivity index (χ0v) is 20.2. The average molecular weight is 409 g/mol. The van der Waals surface area contributed by atoms with Crippen LogP contribution in [0.4, 0.5) is 0 Å². The summed E-state index contributed by atoms with van der Waals surface area (Å²) >= 11 is 0. The number of rotatable bonds is 4. The van der Waals surface area contributed by atoms with E-state index in [9.17, 15) is 0 Å². The predicted octanol–water partition coefficient (Wildman–Crippen LogP) is 9.20. The molecule has 0 radical (unpaired) electrons. The lowest BCUT2D eigenvalue weighted by Crippen LogP contribution is -2.10. The highest BCUT2D eigenvalue weighted by Gasteiger charge is 2.15. The standard InChI is InChI=1S/C31H36/c1-9-22(10-2)25-19-26(23-11-15-28(16-12-23)30(3,4)5)21-27(20-25)24-13-17-29(18-14-24)31(6,7)8/h9-21H,1H2,2-8H3/b22-10+. The van der Waals surface area contributed by atoms with Crippen LogP contribution in [0.15, 0.2) is 85.5 Å². The monoisotopic (exact) mass is 408 g/mol. The molecule has 0 saturated carbocycles. The van der Waals surface area contributed by atoms with Crippen LogP contribution in [0.2, 0.25) is 0 Å². The fourth-order valence-corrected chi connectivity index (χ4v) is 3.86. The molecule has 0 spiro atoms. The van der Waals surface area contributed by atoms with E-state index in [1.54, 1.807) is 0 Å². The van der Waals surface area contributed by atoms with E-state index in [0.29, 0.717) is 0 Å². The Morgan fingerprint density at radius 3 is 1.29 bits per heavy atom. The molecule has 31 heavy (non-hydrogen) atoms.